The number of nitrogens with zero attached hydrogens (tertiary/aromatic N) is 2. The van der Waals surface area contributed by atoms with Crippen LogP contribution in [-0.4, -0.2) is 14.8 Å². The summed E-state index contributed by atoms with van der Waals surface area (Å²) in [5.74, 6) is 0.536. The van der Waals surface area contributed by atoms with Crippen molar-refractivity contribution in [3.05, 3.63) is 46.1 Å². The molecule has 1 aromatic carbocycles. The Balaban J connectivity index is 2.59. The Morgan fingerprint density at radius 2 is 2.00 bits per heavy atom. The van der Waals surface area contributed by atoms with Crippen LogP contribution in [0.4, 0.5) is 0 Å². The minimum absolute atomic E-state index is 0.267. The van der Waals surface area contributed by atoms with Gasteiger partial charge in [-0.2, -0.15) is 5.10 Å². The van der Waals surface area contributed by atoms with Gasteiger partial charge in [-0.15, -0.1) is 0 Å². The van der Waals surface area contributed by atoms with E-state index in [1.165, 1.54) is 4.57 Å². The van der Waals surface area contributed by atoms with Gasteiger partial charge in [0.25, 0.3) is 0 Å². The fourth-order valence-corrected chi connectivity index (χ4v) is 1.56. The maximum Gasteiger partial charge on any atom is 0.347 e. The highest BCUT2D eigenvalue weighted by molar-refractivity contribution is 5.35. The van der Waals surface area contributed by atoms with E-state index < -0.39 is 0 Å². The number of aromatic amines is 1. The predicted octanol–water partition coefficient (Wildman–Crippen LogP) is 0.889. The minimum atomic E-state index is -0.291. The van der Waals surface area contributed by atoms with Crippen LogP contribution >= 0.6 is 0 Å². The van der Waals surface area contributed by atoms with E-state index in [1.807, 2.05) is 31.2 Å². The van der Waals surface area contributed by atoms with E-state index in [4.69, 9.17) is 5.73 Å². The minimum Gasteiger partial charge on any atom is -0.322 e. The van der Waals surface area contributed by atoms with Crippen LogP contribution in [0.15, 0.2) is 29.1 Å². The molecule has 0 amide bonds. The first-order valence-electron chi connectivity index (χ1n) is 5.09. The molecule has 16 heavy (non-hydrogen) atoms. The van der Waals surface area contributed by atoms with Gasteiger partial charge in [0, 0.05) is 0 Å². The third-order valence-corrected chi connectivity index (χ3v) is 2.40. The van der Waals surface area contributed by atoms with E-state index in [9.17, 15) is 4.79 Å². The van der Waals surface area contributed by atoms with Gasteiger partial charge in [-0.05, 0) is 26.0 Å². The maximum absolute atomic E-state index is 11.6. The van der Waals surface area contributed by atoms with Crippen LogP contribution in [0.2, 0.25) is 0 Å². The standard InChI is InChI=1S/C11H14N4O/c1-7-3-5-9(6-4-7)15-10(8(2)12)13-14-11(15)16/h3-6,8H,12H2,1-2H3,(H,14,16). The molecule has 0 radical (unpaired) electrons. The molecule has 0 saturated carbocycles. The van der Waals surface area contributed by atoms with Gasteiger partial charge in [-0.25, -0.2) is 14.5 Å². The Bertz CT molecular complexity index is 536. The van der Waals surface area contributed by atoms with Crippen LogP contribution in [0.5, 0.6) is 0 Å². The number of nitrogens with one attached hydrogen (secondary N) is 1. The maximum atomic E-state index is 11.6. The molecule has 0 fully saturated rings. The number of H-pyrrole nitrogens is 1. The topological polar surface area (TPSA) is 76.7 Å². The molecule has 2 rings (SSSR count). The van der Waals surface area contributed by atoms with Crippen LogP contribution in [0.3, 0.4) is 0 Å². The number of aromatic nitrogens is 3. The average molecular weight is 218 g/mol. The second kappa shape index (κ2) is 3.94. The first kappa shape index (κ1) is 10.6. The van der Waals surface area contributed by atoms with Crippen molar-refractivity contribution < 1.29 is 0 Å². The van der Waals surface area contributed by atoms with Crippen molar-refractivity contribution in [1.29, 1.82) is 0 Å². The quantitative estimate of drug-likeness (QED) is 0.785. The average Bonchev–Trinajstić information content (AvgIpc) is 2.62. The zero-order chi connectivity index (χ0) is 11.7. The monoisotopic (exact) mass is 218 g/mol. The van der Waals surface area contributed by atoms with Crippen molar-refractivity contribution in [2.24, 2.45) is 5.73 Å². The molecular formula is C11H14N4O. The van der Waals surface area contributed by atoms with Crippen molar-refractivity contribution in [2.45, 2.75) is 19.9 Å². The second-order valence-corrected chi connectivity index (χ2v) is 3.85. The summed E-state index contributed by atoms with van der Waals surface area (Å²) in [6.45, 7) is 3.79. The van der Waals surface area contributed by atoms with Crippen molar-refractivity contribution in [1.82, 2.24) is 14.8 Å². The molecule has 84 valence electrons. The molecule has 3 N–H and O–H groups in total. The molecule has 0 aliphatic heterocycles. The van der Waals surface area contributed by atoms with Gasteiger partial charge in [-0.1, -0.05) is 17.7 Å². The lowest BCUT2D eigenvalue weighted by atomic mass is 10.2. The molecule has 0 spiro atoms. The van der Waals surface area contributed by atoms with Crippen LogP contribution in [0.1, 0.15) is 24.4 Å². The Hall–Kier alpha value is -1.88. The number of hydrogen-bond donors (Lipinski definition) is 2. The van der Waals surface area contributed by atoms with Gasteiger partial charge in [0.1, 0.15) is 0 Å². The molecule has 0 aliphatic carbocycles. The van der Waals surface area contributed by atoms with Gasteiger partial charge >= 0.3 is 5.69 Å². The smallest absolute Gasteiger partial charge is 0.322 e. The van der Waals surface area contributed by atoms with Crippen molar-refractivity contribution >= 4 is 0 Å². The fourth-order valence-electron chi connectivity index (χ4n) is 1.56. The molecule has 1 heterocycles. The molecule has 5 heteroatoms. The summed E-state index contributed by atoms with van der Waals surface area (Å²) < 4.78 is 1.49. The van der Waals surface area contributed by atoms with E-state index in [-0.39, 0.29) is 11.7 Å². The molecule has 1 atom stereocenters. The number of rotatable bonds is 2. The summed E-state index contributed by atoms with van der Waals surface area (Å²) in [6.07, 6.45) is 0. The summed E-state index contributed by atoms with van der Waals surface area (Å²) in [6, 6.07) is 7.34. The lowest BCUT2D eigenvalue weighted by Gasteiger charge is -2.08. The third kappa shape index (κ3) is 1.77. The Kier molecular flexibility index (Phi) is 2.62. The van der Waals surface area contributed by atoms with E-state index in [0.29, 0.717) is 5.82 Å². The van der Waals surface area contributed by atoms with E-state index in [1.54, 1.807) is 6.92 Å². The molecular weight excluding hydrogens is 204 g/mol. The second-order valence-electron chi connectivity index (χ2n) is 3.85. The summed E-state index contributed by atoms with van der Waals surface area (Å²) >= 11 is 0. The van der Waals surface area contributed by atoms with Crippen molar-refractivity contribution in [3.63, 3.8) is 0 Å². The molecule has 0 aliphatic rings. The fraction of sp³-hybridized carbons (Fsp3) is 0.273. The number of hydrogen-bond acceptors (Lipinski definition) is 3. The van der Waals surface area contributed by atoms with E-state index in [2.05, 4.69) is 10.2 Å². The summed E-state index contributed by atoms with van der Waals surface area (Å²) in [5.41, 5.74) is 7.40. The number of aryl methyl sites for hydroxylation is 1. The van der Waals surface area contributed by atoms with Crippen molar-refractivity contribution in [2.75, 3.05) is 0 Å². The third-order valence-electron chi connectivity index (χ3n) is 2.40. The Morgan fingerprint density at radius 3 is 2.56 bits per heavy atom. The summed E-state index contributed by atoms with van der Waals surface area (Å²) in [7, 11) is 0. The van der Waals surface area contributed by atoms with Gasteiger partial charge in [0.05, 0.1) is 11.7 Å². The Labute approximate surface area is 92.9 Å². The van der Waals surface area contributed by atoms with Crippen molar-refractivity contribution in [3.8, 4) is 5.69 Å². The van der Waals surface area contributed by atoms with Gasteiger partial charge in [0.2, 0.25) is 0 Å². The SMILES string of the molecule is Cc1ccc(-n2c(C(C)N)n[nH]c2=O)cc1. The summed E-state index contributed by atoms with van der Waals surface area (Å²) in [5, 5.41) is 6.32. The molecule has 0 saturated heterocycles. The first-order valence-corrected chi connectivity index (χ1v) is 5.09. The first-order chi connectivity index (χ1) is 7.59. The highest BCUT2D eigenvalue weighted by atomic mass is 16.1. The molecule has 5 nitrogen and oxygen atoms in total. The van der Waals surface area contributed by atoms with Crippen LogP contribution in [-0.2, 0) is 0 Å². The Morgan fingerprint density at radius 1 is 1.38 bits per heavy atom. The lowest BCUT2D eigenvalue weighted by Crippen LogP contribution is -2.20. The van der Waals surface area contributed by atoms with Crippen LogP contribution < -0.4 is 11.4 Å². The van der Waals surface area contributed by atoms with E-state index in [0.717, 1.165) is 11.3 Å². The largest absolute Gasteiger partial charge is 0.347 e. The normalized spacial score (nSPS) is 12.7. The number of nitrogens with two attached hydrogens (primary N) is 1. The van der Waals surface area contributed by atoms with E-state index >= 15 is 0 Å². The highest BCUT2D eigenvalue weighted by Crippen LogP contribution is 2.12. The van der Waals surface area contributed by atoms with Gasteiger partial charge in [-0.3, -0.25) is 0 Å². The highest BCUT2D eigenvalue weighted by Gasteiger charge is 2.13. The van der Waals surface area contributed by atoms with Gasteiger partial charge < -0.3 is 5.73 Å². The van der Waals surface area contributed by atoms with Crippen LogP contribution in [0.25, 0.3) is 5.69 Å². The molecule has 2 aromatic rings. The predicted molar refractivity (Wildman–Crippen MR) is 61.5 cm³/mol. The molecule has 1 unspecified atom stereocenters. The zero-order valence-electron chi connectivity index (χ0n) is 9.27. The van der Waals surface area contributed by atoms with Crippen LogP contribution in [0, 0.1) is 6.92 Å². The molecule has 1 aromatic heterocycles. The lowest BCUT2D eigenvalue weighted by molar-refractivity contribution is 0.712. The molecule has 0 bridgehead atoms. The van der Waals surface area contributed by atoms with Gasteiger partial charge in [0.15, 0.2) is 5.82 Å². The zero-order valence-corrected chi connectivity index (χ0v) is 9.27. The summed E-state index contributed by atoms with van der Waals surface area (Å²) in [4.78, 5) is 11.6. The number of benzene rings is 1.